The number of hydrogen-bond donors (Lipinski definition) is 1. The van der Waals surface area contributed by atoms with Crippen LogP contribution < -0.4 is 5.32 Å². The summed E-state index contributed by atoms with van der Waals surface area (Å²) in [5.74, 6) is 2.30. The smallest absolute Gasteiger partial charge is 0.220 e. The van der Waals surface area contributed by atoms with Crippen molar-refractivity contribution in [3.63, 3.8) is 0 Å². The second-order valence-corrected chi connectivity index (χ2v) is 3.54. The zero-order valence-electron chi connectivity index (χ0n) is 7.35. The molecule has 1 amide bonds. The Balaban J connectivity index is 3.04. The van der Waals surface area contributed by atoms with Gasteiger partial charge in [-0.3, -0.25) is 4.79 Å². The second kappa shape index (κ2) is 7.92. The van der Waals surface area contributed by atoms with Crippen molar-refractivity contribution in [1.29, 1.82) is 0 Å². The highest BCUT2D eigenvalue weighted by Crippen LogP contribution is 2.03. The largest absolute Gasteiger partial charge is 0.356 e. The van der Waals surface area contributed by atoms with Crippen LogP contribution in [-0.2, 0) is 4.79 Å². The maximum Gasteiger partial charge on any atom is 0.220 e. The fraction of sp³-hybridized carbons (Fsp3) is 0.875. The van der Waals surface area contributed by atoms with Crippen LogP contribution in [0.4, 0.5) is 0 Å². The van der Waals surface area contributed by atoms with Crippen LogP contribution >= 0.6 is 11.8 Å². The molecule has 0 heterocycles. The van der Waals surface area contributed by atoms with Crippen molar-refractivity contribution < 1.29 is 4.79 Å². The van der Waals surface area contributed by atoms with Crippen LogP contribution in [-0.4, -0.2) is 24.0 Å². The summed E-state index contributed by atoms with van der Waals surface area (Å²) in [4.78, 5) is 10.9. The molecule has 0 unspecified atom stereocenters. The number of amides is 1. The lowest BCUT2D eigenvalue weighted by Crippen LogP contribution is -2.22. The number of nitrogens with one attached hydrogen (secondary N) is 1. The maximum atomic E-state index is 10.9. The van der Waals surface area contributed by atoms with Crippen LogP contribution in [0, 0.1) is 0 Å². The minimum atomic E-state index is 0.177. The van der Waals surface area contributed by atoms with Gasteiger partial charge in [0.1, 0.15) is 0 Å². The van der Waals surface area contributed by atoms with Gasteiger partial charge in [-0.25, -0.2) is 0 Å². The SMILES string of the molecule is CCCSCCC(=O)NCC. The number of rotatable bonds is 6. The van der Waals surface area contributed by atoms with Crippen LogP contribution in [0.15, 0.2) is 0 Å². The molecule has 0 atom stereocenters. The predicted octanol–water partition coefficient (Wildman–Crippen LogP) is 1.66. The molecule has 0 aromatic carbocycles. The topological polar surface area (TPSA) is 29.1 Å². The highest BCUT2D eigenvalue weighted by atomic mass is 32.2. The molecule has 2 nitrogen and oxygen atoms in total. The first kappa shape index (κ1) is 10.8. The second-order valence-electron chi connectivity index (χ2n) is 2.32. The molecule has 0 aromatic heterocycles. The van der Waals surface area contributed by atoms with Crippen molar-refractivity contribution in [2.45, 2.75) is 26.7 Å². The van der Waals surface area contributed by atoms with Gasteiger partial charge in [-0.05, 0) is 19.1 Å². The Morgan fingerprint density at radius 1 is 1.36 bits per heavy atom. The van der Waals surface area contributed by atoms with E-state index in [1.54, 1.807) is 0 Å². The summed E-state index contributed by atoms with van der Waals surface area (Å²) in [5.41, 5.74) is 0. The third-order valence-corrected chi connectivity index (χ3v) is 2.39. The van der Waals surface area contributed by atoms with E-state index >= 15 is 0 Å². The molecule has 0 aliphatic carbocycles. The first-order valence-corrected chi connectivity index (χ1v) is 5.31. The van der Waals surface area contributed by atoms with E-state index in [0.29, 0.717) is 6.42 Å². The Morgan fingerprint density at radius 3 is 2.64 bits per heavy atom. The number of thioether (sulfide) groups is 1. The Hall–Kier alpha value is -0.180. The van der Waals surface area contributed by atoms with Crippen LogP contribution in [0.3, 0.4) is 0 Å². The van der Waals surface area contributed by atoms with E-state index in [1.165, 1.54) is 12.2 Å². The molecule has 1 N–H and O–H groups in total. The minimum absolute atomic E-state index is 0.177. The highest BCUT2D eigenvalue weighted by Gasteiger charge is 1.97. The predicted molar refractivity (Wildman–Crippen MR) is 50.9 cm³/mol. The zero-order chi connectivity index (χ0) is 8.53. The van der Waals surface area contributed by atoms with Gasteiger partial charge in [-0.2, -0.15) is 11.8 Å². The Labute approximate surface area is 73.1 Å². The first-order chi connectivity index (χ1) is 5.31. The standard InChI is InChI=1S/C8H17NOS/c1-3-6-11-7-5-8(10)9-4-2/h3-7H2,1-2H3,(H,9,10). The number of hydrogen-bond acceptors (Lipinski definition) is 2. The van der Waals surface area contributed by atoms with E-state index in [1.807, 2.05) is 18.7 Å². The minimum Gasteiger partial charge on any atom is -0.356 e. The van der Waals surface area contributed by atoms with Crippen LogP contribution in [0.1, 0.15) is 26.7 Å². The molecule has 0 radical (unpaired) electrons. The summed E-state index contributed by atoms with van der Waals surface area (Å²) in [6.45, 7) is 4.84. The van der Waals surface area contributed by atoms with Gasteiger partial charge in [-0.15, -0.1) is 0 Å². The van der Waals surface area contributed by atoms with Gasteiger partial charge in [0.05, 0.1) is 0 Å². The van der Waals surface area contributed by atoms with E-state index in [4.69, 9.17) is 0 Å². The van der Waals surface area contributed by atoms with Crippen LogP contribution in [0.5, 0.6) is 0 Å². The number of carbonyl (C=O) groups is 1. The fourth-order valence-corrected chi connectivity index (χ4v) is 1.52. The Morgan fingerprint density at radius 2 is 2.09 bits per heavy atom. The van der Waals surface area contributed by atoms with Crippen molar-refractivity contribution >= 4 is 17.7 Å². The number of carbonyl (C=O) groups excluding carboxylic acids is 1. The normalized spacial score (nSPS) is 9.64. The van der Waals surface area contributed by atoms with Gasteiger partial charge in [-0.1, -0.05) is 6.92 Å². The molecule has 0 aromatic rings. The van der Waals surface area contributed by atoms with Gasteiger partial charge >= 0.3 is 0 Å². The van der Waals surface area contributed by atoms with Gasteiger partial charge < -0.3 is 5.32 Å². The monoisotopic (exact) mass is 175 g/mol. The summed E-state index contributed by atoms with van der Waals surface area (Å²) in [6.07, 6.45) is 1.86. The molecular formula is C8H17NOS. The van der Waals surface area contributed by atoms with Crippen LogP contribution in [0.25, 0.3) is 0 Å². The maximum absolute atomic E-state index is 10.9. The molecule has 0 aliphatic heterocycles. The van der Waals surface area contributed by atoms with Gasteiger partial charge in [0, 0.05) is 18.7 Å². The van der Waals surface area contributed by atoms with E-state index in [-0.39, 0.29) is 5.91 Å². The van der Waals surface area contributed by atoms with E-state index in [2.05, 4.69) is 12.2 Å². The van der Waals surface area contributed by atoms with Crippen molar-refractivity contribution in [3.8, 4) is 0 Å². The fourth-order valence-electron chi connectivity index (χ4n) is 0.697. The molecule has 11 heavy (non-hydrogen) atoms. The quantitative estimate of drug-likeness (QED) is 0.622. The lowest BCUT2D eigenvalue weighted by atomic mass is 10.4. The Bertz CT molecular complexity index is 106. The van der Waals surface area contributed by atoms with E-state index in [9.17, 15) is 4.79 Å². The average molecular weight is 175 g/mol. The van der Waals surface area contributed by atoms with Crippen molar-refractivity contribution in [2.75, 3.05) is 18.1 Å². The third-order valence-electron chi connectivity index (χ3n) is 1.20. The molecule has 0 rings (SSSR count). The first-order valence-electron chi connectivity index (χ1n) is 4.15. The van der Waals surface area contributed by atoms with Gasteiger partial charge in [0.25, 0.3) is 0 Å². The van der Waals surface area contributed by atoms with E-state index in [0.717, 1.165) is 12.3 Å². The van der Waals surface area contributed by atoms with Crippen molar-refractivity contribution in [2.24, 2.45) is 0 Å². The zero-order valence-corrected chi connectivity index (χ0v) is 8.17. The summed E-state index contributed by atoms with van der Waals surface area (Å²) >= 11 is 1.85. The van der Waals surface area contributed by atoms with Crippen molar-refractivity contribution in [3.05, 3.63) is 0 Å². The summed E-state index contributed by atoms with van der Waals surface area (Å²) in [6, 6.07) is 0. The molecular weight excluding hydrogens is 158 g/mol. The molecule has 0 saturated carbocycles. The third kappa shape index (κ3) is 7.72. The lowest BCUT2D eigenvalue weighted by molar-refractivity contribution is -0.120. The van der Waals surface area contributed by atoms with Crippen LogP contribution in [0.2, 0.25) is 0 Å². The molecule has 0 spiro atoms. The summed E-state index contributed by atoms with van der Waals surface area (Å²) in [7, 11) is 0. The highest BCUT2D eigenvalue weighted by molar-refractivity contribution is 7.99. The van der Waals surface area contributed by atoms with Crippen molar-refractivity contribution in [1.82, 2.24) is 5.32 Å². The molecule has 0 fully saturated rings. The summed E-state index contributed by atoms with van der Waals surface area (Å²) in [5, 5.41) is 2.77. The summed E-state index contributed by atoms with van der Waals surface area (Å²) < 4.78 is 0. The lowest BCUT2D eigenvalue weighted by Gasteiger charge is -2.00. The van der Waals surface area contributed by atoms with Gasteiger partial charge in [0.15, 0.2) is 0 Å². The molecule has 0 bridgehead atoms. The molecule has 0 aliphatic rings. The average Bonchev–Trinajstić information content (AvgIpc) is 1.99. The van der Waals surface area contributed by atoms with E-state index < -0.39 is 0 Å². The molecule has 0 saturated heterocycles. The Kier molecular flexibility index (Phi) is 7.79. The molecule has 3 heteroatoms. The van der Waals surface area contributed by atoms with Gasteiger partial charge in [0.2, 0.25) is 5.91 Å². The molecule has 66 valence electrons.